The number of nitrogens with zero attached hydrogens (tertiary/aromatic N) is 5. The van der Waals surface area contributed by atoms with Gasteiger partial charge in [-0.2, -0.15) is 4.52 Å². The molecule has 0 fully saturated rings. The van der Waals surface area contributed by atoms with E-state index in [4.69, 9.17) is 5.73 Å². The maximum absolute atomic E-state index is 11.4. The molecule has 0 aliphatic carbocycles. The van der Waals surface area contributed by atoms with Gasteiger partial charge in [0.1, 0.15) is 5.54 Å². The molecule has 0 saturated carbocycles. The minimum Gasteiger partial charge on any atom is -0.368 e. The summed E-state index contributed by atoms with van der Waals surface area (Å²) in [5, 5.41) is 14.1. The van der Waals surface area contributed by atoms with Gasteiger partial charge in [0.05, 0.1) is 12.4 Å². The second kappa shape index (κ2) is 3.96. The Kier molecular flexibility index (Phi) is 2.62. The average Bonchev–Trinajstić information content (AvgIpc) is 2.77. The van der Waals surface area contributed by atoms with Crippen LogP contribution in [0.4, 0.5) is 5.82 Å². The zero-order chi connectivity index (χ0) is 12.5. The van der Waals surface area contributed by atoms with Crippen LogP contribution >= 0.6 is 0 Å². The van der Waals surface area contributed by atoms with Gasteiger partial charge in [-0.15, -0.1) is 5.10 Å². The van der Waals surface area contributed by atoms with Crippen molar-refractivity contribution >= 4 is 17.4 Å². The molecule has 1 atom stereocenters. The number of hydrogen-bond acceptors (Lipinski definition) is 6. The van der Waals surface area contributed by atoms with Crippen LogP contribution in [0.3, 0.4) is 0 Å². The van der Waals surface area contributed by atoms with Crippen molar-refractivity contribution in [3.63, 3.8) is 0 Å². The molecule has 90 valence electrons. The van der Waals surface area contributed by atoms with Crippen LogP contribution in [0.5, 0.6) is 0 Å². The highest BCUT2D eigenvalue weighted by atomic mass is 16.1. The smallest absolute Gasteiger partial charge is 0.242 e. The number of primary amides is 1. The molecule has 0 aromatic carbocycles. The summed E-state index contributed by atoms with van der Waals surface area (Å²) in [6.45, 7) is 3.59. The Morgan fingerprint density at radius 1 is 1.59 bits per heavy atom. The zero-order valence-corrected chi connectivity index (χ0v) is 9.58. The Hall–Kier alpha value is -2.25. The molecule has 3 N–H and O–H groups in total. The van der Waals surface area contributed by atoms with Gasteiger partial charge < -0.3 is 11.1 Å². The maximum atomic E-state index is 11.4. The van der Waals surface area contributed by atoms with Gasteiger partial charge in [0.25, 0.3) is 0 Å². The fraction of sp³-hybridized carbons (Fsp3) is 0.444. The van der Waals surface area contributed by atoms with E-state index in [0.717, 1.165) is 0 Å². The van der Waals surface area contributed by atoms with Crippen LogP contribution in [-0.4, -0.2) is 36.5 Å². The number of nitrogens with two attached hydrogens (primary N) is 1. The van der Waals surface area contributed by atoms with Gasteiger partial charge >= 0.3 is 0 Å². The summed E-state index contributed by atoms with van der Waals surface area (Å²) >= 11 is 0. The van der Waals surface area contributed by atoms with Crippen LogP contribution in [-0.2, 0) is 4.79 Å². The highest BCUT2D eigenvalue weighted by Crippen LogP contribution is 2.17. The predicted molar refractivity (Wildman–Crippen MR) is 60.1 cm³/mol. The summed E-state index contributed by atoms with van der Waals surface area (Å²) in [4.78, 5) is 15.4. The van der Waals surface area contributed by atoms with Crippen LogP contribution in [0.25, 0.3) is 5.65 Å². The highest BCUT2D eigenvalue weighted by molar-refractivity contribution is 5.87. The molecular weight excluding hydrogens is 222 g/mol. The van der Waals surface area contributed by atoms with Crippen molar-refractivity contribution in [3.05, 3.63) is 12.4 Å². The van der Waals surface area contributed by atoms with E-state index in [2.05, 4.69) is 25.8 Å². The molecule has 2 heterocycles. The predicted octanol–water partition coefficient (Wildman–Crippen LogP) is -0.415. The molecule has 0 radical (unpaired) electrons. The second-order valence-corrected chi connectivity index (χ2v) is 3.92. The lowest BCUT2D eigenvalue weighted by Crippen LogP contribution is -2.47. The van der Waals surface area contributed by atoms with Crippen LogP contribution < -0.4 is 11.1 Å². The average molecular weight is 235 g/mol. The lowest BCUT2D eigenvalue weighted by atomic mass is 9.98. The molecule has 1 unspecified atom stereocenters. The van der Waals surface area contributed by atoms with Crippen LogP contribution in [0.1, 0.15) is 20.3 Å². The molecule has 2 aromatic rings. The SMILES string of the molecule is CCC(C)(Nc1cncc2nnnn12)C(N)=O. The Labute approximate surface area is 97.2 Å². The van der Waals surface area contributed by atoms with Gasteiger partial charge in [-0.1, -0.05) is 6.92 Å². The number of fused-ring (bicyclic) bond motifs is 1. The first kappa shape index (κ1) is 11.2. The second-order valence-electron chi connectivity index (χ2n) is 3.92. The number of carbonyl (C=O) groups is 1. The number of aromatic nitrogens is 5. The lowest BCUT2D eigenvalue weighted by Gasteiger charge is -2.26. The molecular formula is C9H13N7O. The summed E-state index contributed by atoms with van der Waals surface area (Å²) < 4.78 is 1.46. The van der Waals surface area contributed by atoms with Crippen molar-refractivity contribution in [3.8, 4) is 0 Å². The molecule has 0 saturated heterocycles. The van der Waals surface area contributed by atoms with Crippen molar-refractivity contribution in [2.45, 2.75) is 25.8 Å². The van der Waals surface area contributed by atoms with Crippen LogP contribution in [0, 0.1) is 0 Å². The minimum absolute atomic E-state index is 0.440. The first-order chi connectivity index (χ1) is 8.07. The number of tetrazole rings is 1. The van der Waals surface area contributed by atoms with E-state index >= 15 is 0 Å². The molecule has 0 aliphatic heterocycles. The van der Waals surface area contributed by atoms with Crippen molar-refractivity contribution in [2.75, 3.05) is 5.32 Å². The molecule has 0 aliphatic rings. The van der Waals surface area contributed by atoms with Gasteiger partial charge in [0.2, 0.25) is 5.91 Å². The molecule has 1 amide bonds. The Morgan fingerprint density at radius 3 is 3.00 bits per heavy atom. The molecule has 8 nitrogen and oxygen atoms in total. The van der Waals surface area contributed by atoms with Gasteiger partial charge in [-0.3, -0.25) is 9.78 Å². The summed E-state index contributed by atoms with van der Waals surface area (Å²) in [6.07, 6.45) is 3.61. The Morgan fingerprint density at radius 2 is 2.35 bits per heavy atom. The summed E-state index contributed by atoms with van der Waals surface area (Å²) in [7, 11) is 0. The first-order valence-corrected chi connectivity index (χ1v) is 5.17. The van der Waals surface area contributed by atoms with E-state index in [1.165, 1.54) is 10.7 Å². The van der Waals surface area contributed by atoms with E-state index in [-0.39, 0.29) is 0 Å². The van der Waals surface area contributed by atoms with E-state index < -0.39 is 11.4 Å². The first-order valence-electron chi connectivity index (χ1n) is 5.17. The zero-order valence-electron chi connectivity index (χ0n) is 9.58. The molecule has 8 heteroatoms. The number of carbonyl (C=O) groups excluding carboxylic acids is 1. The third-order valence-corrected chi connectivity index (χ3v) is 2.76. The van der Waals surface area contributed by atoms with Crippen molar-refractivity contribution in [2.24, 2.45) is 5.73 Å². The summed E-state index contributed by atoms with van der Waals surface area (Å²) in [6, 6.07) is 0. The van der Waals surface area contributed by atoms with Crippen molar-refractivity contribution < 1.29 is 4.79 Å². The topological polar surface area (TPSA) is 111 Å². The lowest BCUT2D eigenvalue weighted by molar-refractivity contribution is -0.121. The molecule has 2 aromatic heterocycles. The fourth-order valence-corrected chi connectivity index (χ4v) is 1.37. The molecule has 2 rings (SSSR count). The number of hydrogen-bond donors (Lipinski definition) is 2. The standard InChI is InChI=1S/C9H13N7O/c1-3-9(2,8(10)17)12-6-4-11-5-7-13-14-15-16(6)7/h4-5,12H,3H2,1-2H3,(H2,10,17). The van der Waals surface area contributed by atoms with Gasteiger partial charge in [0, 0.05) is 0 Å². The van der Waals surface area contributed by atoms with Gasteiger partial charge in [-0.05, 0) is 23.8 Å². The van der Waals surface area contributed by atoms with E-state index in [1.54, 1.807) is 13.1 Å². The number of rotatable bonds is 4. The van der Waals surface area contributed by atoms with Gasteiger partial charge in [0.15, 0.2) is 11.5 Å². The van der Waals surface area contributed by atoms with E-state index in [0.29, 0.717) is 17.9 Å². The molecule has 0 bridgehead atoms. The van der Waals surface area contributed by atoms with E-state index in [9.17, 15) is 4.79 Å². The van der Waals surface area contributed by atoms with E-state index in [1.807, 2.05) is 6.92 Å². The quantitative estimate of drug-likeness (QED) is 0.744. The minimum atomic E-state index is -0.859. The Bertz CT molecular complexity index is 551. The van der Waals surface area contributed by atoms with Crippen molar-refractivity contribution in [1.29, 1.82) is 0 Å². The largest absolute Gasteiger partial charge is 0.368 e. The normalized spacial score (nSPS) is 14.5. The highest BCUT2D eigenvalue weighted by Gasteiger charge is 2.29. The fourth-order valence-electron chi connectivity index (χ4n) is 1.37. The summed E-state index contributed by atoms with van der Waals surface area (Å²) in [5.41, 5.74) is 5.00. The summed E-state index contributed by atoms with van der Waals surface area (Å²) in [5.74, 6) is 0.0840. The third kappa shape index (κ3) is 1.88. The number of nitrogens with one attached hydrogen (secondary N) is 1. The monoisotopic (exact) mass is 235 g/mol. The third-order valence-electron chi connectivity index (χ3n) is 2.76. The van der Waals surface area contributed by atoms with Gasteiger partial charge in [-0.25, -0.2) is 0 Å². The number of amides is 1. The van der Waals surface area contributed by atoms with Crippen LogP contribution in [0.2, 0.25) is 0 Å². The number of anilines is 1. The molecule has 0 spiro atoms. The molecule has 17 heavy (non-hydrogen) atoms. The van der Waals surface area contributed by atoms with Crippen LogP contribution in [0.15, 0.2) is 12.4 Å². The Balaban J connectivity index is 2.41. The van der Waals surface area contributed by atoms with Crippen molar-refractivity contribution in [1.82, 2.24) is 25.0 Å². The maximum Gasteiger partial charge on any atom is 0.242 e.